The second-order valence-electron chi connectivity index (χ2n) is 2.84. The fraction of sp³-hybridized carbons (Fsp3) is 0.400. The molecule has 0 saturated carbocycles. The highest BCUT2D eigenvalue weighted by atomic mass is 31.1. The molecule has 3 heteroatoms. The Labute approximate surface area is 79.7 Å². The first-order valence-electron chi connectivity index (χ1n) is 4.28. The molecule has 0 N–H and O–H groups in total. The van der Waals surface area contributed by atoms with E-state index in [2.05, 4.69) is 0 Å². The van der Waals surface area contributed by atoms with E-state index in [1.54, 1.807) is 7.11 Å². The van der Waals surface area contributed by atoms with E-state index < -0.39 is 7.80 Å². The van der Waals surface area contributed by atoms with Crippen LogP contribution in [0.4, 0.5) is 0 Å². The van der Waals surface area contributed by atoms with Gasteiger partial charge in [-0.3, -0.25) is 0 Å². The molecule has 70 valence electrons. The third-order valence-electron chi connectivity index (χ3n) is 1.75. The summed E-state index contributed by atoms with van der Waals surface area (Å²) in [5, 5.41) is 0. The van der Waals surface area contributed by atoms with Crippen LogP contribution in [0, 0.1) is 0 Å². The molecule has 0 amide bonds. The van der Waals surface area contributed by atoms with Gasteiger partial charge in [0.25, 0.3) is 0 Å². The summed E-state index contributed by atoms with van der Waals surface area (Å²) in [6, 6.07) is 9.90. The van der Waals surface area contributed by atoms with Crippen LogP contribution in [0.1, 0.15) is 5.56 Å². The van der Waals surface area contributed by atoms with Crippen molar-refractivity contribution in [3.05, 3.63) is 35.9 Å². The summed E-state index contributed by atoms with van der Waals surface area (Å²) >= 11 is 0. The number of benzene rings is 1. The van der Waals surface area contributed by atoms with Crippen molar-refractivity contribution in [1.29, 1.82) is 0 Å². The number of hydrogen-bond donors (Lipinski definition) is 0. The number of rotatable bonds is 5. The Hall–Kier alpha value is -0.720. The molecule has 0 aliphatic heterocycles. The molecule has 1 atom stereocenters. The lowest BCUT2D eigenvalue weighted by molar-refractivity contribution is 0.217. The van der Waals surface area contributed by atoms with Crippen LogP contribution in [0.3, 0.4) is 0 Å². The van der Waals surface area contributed by atoms with Gasteiger partial charge in [-0.15, -0.1) is 0 Å². The van der Waals surface area contributed by atoms with Crippen molar-refractivity contribution < 1.29 is 9.30 Å². The van der Waals surface area contributed by atoms with Gasteiger partial charge in [0.15, 0.2) is 12.3 Å². The quantitative estimate of drug-likeness (QED) is 0.678. The molecule has 0 aliphatic carbocycles. The third-order valence-corrected chi connectivity index (χ3v) is 3.15. The second kappa shape index (κ2) is 5.85. The highest BCUT2D eigenvalue weighted by Crippen LogP contribution is 2.25. The van der Waals surface area contributed by atoms with E-state index in [0.29, 0.717) is 18.9 Å². The van der Waals surface area contributed by atoms with E-state index in [1.165, 1.54) is 0 Å². The summed E-state index contributed by atoms with van der Waals surface area (Å²) in [5.41, 5.74) is 1.14. The standard InChI is InChI=1S/C10H14O2P/c1-12-7-8-13(11)9-10-5-3-2-4-6-10/h2-6H,7-9H2,1H3/q+1. The van der Waals surface area contributed by atoms with Gasteiger partial charge in [0.05, 0.1) is 6.61 Å². The van der Waals surface area contributed by atoms with Crippen LogP contribution in [0.2, 0.25) is 0 Å². The number of hydrogen-bond acceptors (Lipinski definition) is 2. The average Bonchev–Trinajstić information content (AvgIpc) is 2.16. The van der Waals surface area contributed by atoms with E-state index >= 15 is 0 Å². The first kappa shape index (κ1) is 10.4. The SMILES string of the molecule is COCC[P+](=O)Cc1ccccc1. The zero-order valence-corrected chi connectivity index (χ0v) is 8.67. The molecule has 0 aliphatic rings. The van der Waals surface area contributed by atoms with Gasteiger partial charge in [0.1, 0.15) is 0 Å². The Balaban J connectivity index is 2.37. The second-order valence-corrected chi connectivity index (χ2v) is 4.57. The number of methoxy groups -OCH3 is 1. The zero-order chi connectivity index (χ0) is 9.52. The minimum atomic E-state index is -1.14. The van der Waals surface area contributed by atoms with E-state index in [0.717, 1.165) is 5.56 Å². The van der Waals surface area contributed by atoms with Gasteiger partial charge in [-0.1, -0.05) is 34.9 Å². The topological polar surface area (TPSA) is 26.3 Å². The highest BCUT2D eigenvalue weighted by Gasteiger charge is 2.14. The molecule has 0 aromatic heterocycles. The molecule has 0 fully saturated rings. The van der Waals surface area contributed by atoms with Crippen molar-refractivity contribution in [1.82, 2.24) is 0 Å². The molecule has 0 saturated heterocycles. The normalized spacial score (nSPS) is 11.3. The fourth-order valence-electron chi connectivity index (χ4n) is 1.06. The maximum atomic E-state index is 11.4. The summed E-state index contributed by atoms with van der Waals surface area (Å²) in [6.07, 6.45) is 1.32. The molecular formula is C10H14O2P+. The summed E-state index contributed by atoms with van der Waals surface area (Å²) in [7, 11) is 0.493. The van der Waals surface area contributed by atoms with E-state index in [9.17, 15) is 4.57 Å². The first-order chi connectivity index (χ1) is 6.33. The zero-order valence-electron chi connectivity index (χ0n) is 7.77. The van der Waals surface area contributed by atoms with Crippen molar-refractivity contribution in [3.63, 3.8) is 0 Å². The molecule has 0 spiro atoms. The lowest BCUT2D eigenvalue weighted by Crippen LogP contribution is -1.92. The molecule has 0 bridgehead atoms. The predicted octanol–water partition coefficient (Wildman–Crippen LogP) is 2.66. The van der Waals surface area contributed by atoms with Crippen LogP contribution in [0.25, 0.3) is 0 Å². The molecular weight excluding hydrogens is 183 g/mol. The van der Waals surface area contributed by atoms with Crippen molar-refractivity contribution in [2.75, 3.05) is 19.9 Å². The van der Waals surface area contributed by atoms with Crippen molar-refractivity contribution in [2.24, 2.45) is 0 Å². The number of ether oxygens (including phenoxy) is 1. The monoisotopic (exact) mass is 197 g/mol. The van der Waals surface area contributed by atoms with Gasteiger partial charge in [-0.25, -0.2) is 0 Å². The minimum Gasteiger partial charge on any atom is -0.380 e. The van der Waals surface area contributed by atoms with Crippen molar-refractivity contribution >= 4 is 7.80 Å². The molecule has 1 unspecified atom stereocenters. The predicted molar refractivity (Wildman–Crippen MR) is 54.5 cm³/mol. The van der Waals surface area contributed by atoms with E-state index in [4.69, 9.17) is 4.74 Å². The van der Waals surface area contributed by atoms with Crippen LogP contribution >= 0.6 is 7.80 Å². The Morgan fingerprint density at radius 2 is 2.00 bits per heavy atom. The first-order valence-corrected chi connectivity index (χ1v) is 5.91. The molecule has 0 radical (unpaired) electrons. The molecule has 1 rings (SSSR count). The Morgan fingerprint density at radius 3 is 2.62 bits per heavy atom. The molecule has 1 aromatic carbocycles. The van der Waals surface area contributed by atoms with Crippen LogP contribution in [0.5, 0.6) is 0 Å². The lowest BCUT2D eigenvalue weighted by Gasteiger charge is -1.91. The van der Waals surface area contributed by atoms with Gasteiger partial charge in [-0.2, -0.15) is 0 Å². The van der Waals surface area contributed by atoms with Crippen molar-refractivity contribution in [2.45, 2.75) is 6.16 Å². The minimum absolute atomic E-state index is 0.585. The average molecular weight is 197 g/mol. The Kier molecular flexibility index (Phi) is 4.66. The third kappa shape index (κ3) is 4.16. The van der Waals surface area contributed by atoms with Gasteiger partial charge < -0.3 is 4.74 Å². The van der Waals surface area contributed by atoms with Gasteiger partial charge in [0.2, 0.25) is 0 Å². The Bertz CT molecular complexity index is 259. The Morgan fingerprint density at radius 1 is 1.31 bits per heavy atom. The maximum absolute atomic E-state index is 11.4. The van der Waals surface area contributed by atoms with E-state index in [1.807, 2.05) is 30.3 Å². The summed E-state index contributed by atoms with van der Waals surface area (Å²) in [6.45, 7) is 0.585. The highest BCUT2D eigenvalue weighted by molar-refractivity contribution is 7.43. The molecule has 2 nitrogen and oxygen atoms in total. The van der Waals surface area contributed by atoms with Gasteiger partial charge in [0, 0.05) is 7.11 Å². The largest absolute Gasteiger partial charge is 0.380 e. The maximum Gasteiger partial charge on any atom is 0.345 e. The molecule has 0 heterocycles. The van der Waals surface area contributed by atoms with Crippen LogP contribution in [-0.4, -0.2) is 19.9 Å². The fourth-order valence-corrected chi connectivity index (χ4v) is 2.22. The van der Waals surface area contributed by atoms with Gasteiger partial charge >= 0.3 is 7.80 Å². The van der Waals surface area contributed by atoms with Crippen LogP contribution in [0.15, 0.2) is 30.3 Å². The summed E-state index contributed by atoms with van der Waals surface area (Å²) in [5.74, 6) is 0. The van der Waals surface area contributed by atoms with Crippen LogP contribution in [-0.2, 0) is 15.5 Å². The molecule has 1 aromatic rings. The van der Waals surface area contributed by atoms with E-state index in [-0.39, 0.29) is 0 Å². The summed E-state index contributed by atoms with van der Waals surface area (Å²) in [4.78, 5) is 0. The van der Waals surface area contributed by atoms with Crippen LogP contribution < -0.4 is 0 Å². The van der Waals surface area contributed by atoms with Crippen molar-refractivity contribution in [3.8, 4) is 0 Å². The summed E-state index contributed by atoms with van der Waals surface area (Å²) < 4.78 is 16.3. The smallest absolute Gasteiger partial charge is 0.345 e. The lowest BCUT2D eigenvalue weighted by atomic mass is 10.2. The van der Waals surface area contributed by atoms with Gasteiger partial charge in [-0.05, 0) is 5.56 Å². The molecule has 13 heavy (non-hydrogen) atoms.